The van der Waals surface area contributed by atoms with Crippen molar-refractivity contribution in [3.63, 3.8) is 0 Å². The molecule has 3 heteroatoms. The Morgan fingerprint density at radius 2 is 2.56 bits per heavy atom. The van der Waals surface area contributed by atoms with Crippen molar-refractivity contribution in [3.05, 3.63) is 0 Å². The van der Waals surface area contributed by atoms with E-state index in [-0.39, 0.29) is 12.1 Å². The van der Waals surface area contributed by atoms with Crippen molar-refractivity contribution in [3.8, 4) is 0 Å². The average Bonchev–Trinajstić information content (AvgIpc) is 2.14. The van der Waals surface area contributed by atoms with Crippen LogP contribution in [0, 0.1) is 0 Å². The lowest BCUT2D eigenvalue weighted by molar-refractivity contribution is -0.141. The van der Waals surface area contributed by atoms with Crippen LogP contribution in [-0.4, -0.2) is 16.0 Å². The highest BCUT2D eigenvalue weighted by atomic mass is 127. The first-order chi connectivity index (χ1) is 4.20. The average molecular weight is 240 g/mol. The molecule has 0 N–H and O–H groups in total. The zero-order valence-electron chi connectivity index (χ0n) is 5.26. The van der Waals surface area contributed by atoms with Gasteiger partial charge in [-0.3, -0.25) is 4.79 Å². The van der Waals surface area contributed by atoms with E-state index in [1.54, 1.807) is 0 Å². The minimum atomic E-state index is -0.0384. The zero-order valence-corrected chi connectivity index (χ0v) is 7.42. The second-order valence-electron chi connectivity index (χ2n) is 2.24. The van der Waals surface area contributed by atoms with Crippen molar-refractivity contribution >= 4 is 28.6 Å². The topological polar surface area (TPSA) is 26.3 Å². The van der Waals surface area contributed by atoms with Gasteiger partial charge in [0.1, 0.15) is 6.10 Å². The van der Waals surface area contributed by atoms with E-state index in [0.717, 1.165) is 6.42 Å². The number of halogens is 1. The molecule has 1 aliphatic heterocycles. The first-order valence-corrected chi connectivity index (χ1v) is 4.28. The standard InChI is InChI=1S/C6H9IO2/c1-4(7)5-2-3-6(8)9-5/h4-5H,2-3H2,1H3/t4-,5+/m0/s1. The van der Waals surface area contributed by atoms with Gasteiger partial charge in [0.05, 0.1) is 0 Å². The number of carbonyl (C=O) groups is 1. The van der Waals surface area contributed by atoms with Gasteiger partial charge in [-0.1, -0.05) is 22.6 Å². The largest absolute Gasteiger partial charge is 0.461 e. The second-order valence-corrected chi connectivity index (χ2v) is 4.21. The summed E-state index contributed by atoms with van der Waals surface area (Å²) in [5, 5.41) is 0. The Labute approximate surface area is 68.1 Å². The van der Waals surface area contributed by atoms with Gasteiger partial charge in [0.2, 0.25) is 0 Å². The molecule has 1 aliphatic rings. The maximum absolute atomic E-state index is 10.5. The number of rotatable bonds is 1. The van der Waals surface area contributed by atoms with Crippen LogP contribution in [-0.2, 0) is 9.53 Å². The Hall–Kier alpha value is 0.200. The van der Waals surface area contributed by atoms with E-state index in [2.05, 4.69) is 29.5 Å². The molecule has 9 heavy (non-hydrogen) atoms. The molecule has 0 spiro atoms. The molecule has 0 aromatic carbocycles. The first-order valence-electron chi connectivity index (χ1n) is 3.03. The van der Waals surface area contributed by atoms with Gasteiger partial charge in [-0.05, 0) is 13.3 Å². The molecule has 0 aliphatic carbocycles. The molecule has 0 amide bonds. The molecule has 1 heterocycles. The smallest absolute Gasteiger partial charge is 0.306 e. The minimum Gasteiger partial charge on any atom is -0.461 e. The molecule has 2 atom stereocenters. The van der Waals surface area contributed by atoms with Crippen molar-refractivity contribution in [2.75, 3.05) is 0 Å². The number of esters is 1. The zero-order chi connectivity index (χ0) is 6.85. The van der Waals surface area contributed by atoms with Crippen LogP contribution in [0.15, 0.2) is 0 Å². The fourth-order valence-electron chi connectivity index (χ4n) is 0.870. The van der Waals surface area contributed by atoms with Gasteiger partial charge in [-0.25, -0.2) is 0 Å². The number of hydrogen-bond donors (Lipinski definition) is 0. The Kier molecular flexibility index (Phi) is 2.32. The third-order valence-electron chi connectivity index (χ3n) is 1.43. The van der Waals surface area contributed by atoms with Crippen LogP contribution < -0.4 is 0 Å². The van der Waals surface area contributed by atoms with Gasteiger partial charge in [-0.15, -0.1) is 0 Å². The van der Waals surface area contributed by atoms with Gasteiger partial charge >= 0.3 is 5.97 Å². The predicted molar refractivity (Wildman–Crippen MR) is 42.6 cm³/mol. The normalized spacial score (nSPS) is 30.0. The molecule has 52 valence electrons. The number of hydrogen-bond acceptors (Lipinski definition) is 2. The molecule has 0 aromatic heterocycles. The van der Waals surface area contributed by atoms with E-state index in [9.17, 15) is 4.79 Å². The van der Waals surface area contributed by atoms with Crippen molar-refractivity contribution in [1.82, 2.24) is 0 Å². The third kappa shape index (κ3) is 1.81. The molecule has 0 unspecified atom stereocenters. The van der Waals surface area contributed by atoms with E-state index in [4.69, 9.17) is 4.74 Å². The molecule has 2 nitrogen and oxygen atoms in total. The summed E-state index contributed by atoms with van der Waals surface area (Å²) >= 11 is 2.28. The quantitative estimate of drug-likeness (QED) is 0.394. The molecular formula is C6H9IO2. The first kappa shape index (κ1) is 7.31. The molecule has 0 aromatic rings. The van der Waals surface area contributed by atoms with Crippen molar-refractivity contribution in [2.24, 2.45) is 0 Å². The van der Waals surface area contributed by atoms with Gasteiger partial charge in [0.25, 0.3) is 0 Å². The van der Waals surface area contributed by atoms with Crippen LogP contribution in [0.3, 0.4) is 0 Å². The molecular weight excluding hydrogens is 231 g/mol. The molecule has 1 saturated heterocycles. The van der Waals surface area contributed by atoms with Crippen LogP contribution in [0.2, 0.25) is 0 Å². The van der Waals surface area contributed by atoms with Crippen LogP contribution in [0.1, 0.15) is 19.8 Å². The van der Waals surface area contributed by atoms with Crippen LogP contribution in [0.4, 0.5) is 0 Å². The summed E-state index contributed by atoms with van der Waals surface area (Å²) < 4.78 is 5.43. The Balaban J connectivity index is 2.39. The molecule has 0 bridgehead atoms. The van der Waals surface area contributed by atoms with Gasteiger partial charge < -0.3 is 4.74 Å². The summed E-state index contributed by atoms with van der Waals surface area (Å²) in [5.41, 5.74) is 0. The monoisotopic (exact) mass is 240 g/mol. The molecule has 1 rings (SSSR count). The lowest BCUT2D eigenvalue weighted by Crippen LogP contribution is -2.16. The van der Waals surface area contributed by atoms with E-state index >= 15 is 0 Å². The molecule has 0 saturated carbocycles. The summed E-state index contributed by atoms with van der Waals surface area (Å²) in [6.45, 7) is 2.06. The number of alkyl halides is 1. The van der Waals surface area contributed by atoms with Crippen molar-refractivity contribution < 1.29 is 9.53 Å². The highest BCUT2D eigenvalue weighted by Gasteiger charge is 2.26. The molecule has 0 radical (unpaired) electrons. The maximum Gasteiger partial charge on any atom is 0.306 e. The van der Waals surface area contributed by atoms with Gasteiger partial charge in [0.15, 0.2) is 0 Å². The van der Waals surface area contributed by atoms with Gasteiger partial charge in [0, 0.05) is 10.3 Å². The number of ether oxygens (including phenoxy) is 1. The highest BCUT2D eigenvalue weighted by Crippen LogP contribution is 2.21. The third-order valence-corrected chi connectivity index (χ3v) is 2.23. The second kappa shape index (κ2) is 2.86. The summed E-state index contributed by atoms with van der Waals surface area (Å²) in [4.78, 5) is 10.5. The summed E-state index contributed by atoms with van der Waals surface area (Å²) in [6.07, 6.45) is 1.69. The Morgan fingerprint density at radius 3 is 2.78 bits per heavy atom. The fourth-order valence-corrected chi connectivity index (χ4v) is 1.38. The predicted octanol–water partition coefficient (Wildman–Crippen LogP) is 1.52. The minimum absolute atomic E-state index is 0.0384. The SMILES string of the molecule is C[C@H](I)[C@H]1CCC(=O)O1. The fraction of sp³-hybridized carbons (Fsp3) is 0.833. The van der Waals surface area contributed by atoms with Gasteiger partial charge in [-0.2, -0.15) is 0 Å². The van der Waals surface area contributed by atoms with E-state index < -0.39 is 0 Å². The summed E-state index contributed by atoms with van der Waals surface area (Å²) in [5.74, 6) is -0.0384. The number of cyclic esters (lactones) is 1. The maximum atomic E-state index is 10.5. The van der Waals surface area contributed by atoms with E-state index in [1.807, 2.05) is 0 Å². The summed E-state index contributed by atoms with van der Waals surface area (Å²) in [7, 11) is 0. The lowest BCUT2D eigenvalue weighted by Gasteiger charge is -2.09. The van der Waals surface area contributed by atoms with Crippen LogP contribution in [0.25, 0.3) is 0 Å². The van der Waals surface area contributed by atoms with E-state index in [0.29, 0.717) is 10.3 Å². The highest BCUT2D eigenvalue weighted by molar-refractivity contribution is 14.1. The lowest BCUT2D eigenvalue weighted by atomic mass is 10.2. The Bertz CT molecular complexity index is 122. The van der Waals surface area contributed by atoms with E-state index in [1.165, 1.54) is 0 Å². The Morgan fingerprint density at radius 1 is 1.89 bits per heavy atom. The summed E-state index contributed by atoms with van der Waals surface area (Å²) in [6, 6.07) is 0. The molecule has 1 fully saturated rings. The van der Waals surface area contributed by atoms with Crippen molar-refractivity contribution in [1.29, 1.82) is 0 Å². The van der Waals surface area contributed by atoms with Crippen LogP contribution >= 0.6 is 22.6 Å². The van der Waals surface area contributed by atoms with Crippen LogP contribution in [0.5, 0.6) is 0 Å². The number of carbonyl (C=O) groups excluding carboxylic acids is 1. The van der Waals surface area contributed by atoms with Crippen molar-refractivity contribution in [2.45, 2.75) is 29.8 Å².